The van der Waals surface area contributed by atoms with Gasteiger partial charge in [0.1, 0.15) is 22.9 Å². The van der Waals surface area contributed by atoms with Gasteiger partial charge in [-0.15, -0.1) is 0 Å². The van der Waals surface area contributed by atoms with E-state index in [1.807, 2.05) is 0 Å². The third-order valence-corrected chi connectivity index (χ3v) is 2.50. The van der Waals surface area contributed by atoms with E-state index in [9.17, 15) is 19.4 Å². The summed E-state index contributed by atoms with van der Waals surface area (Å²) in [6, 6.07) is 7.61. The number of nitrogens with two attached hydrogens (primary N) is 1. The average molecular weight is 262 g/mol. The molecule has 0 aliphatic rings. The van der Waals surface area contributed by atoms with Gasteiger partial charge in [0, 0.05) is 5.69 Å². The number of carbonyl (C=O) groups is 1. The molecule has 98 valence electrons. The summed E-state index contributed by atoms with van der Waals surface area (Å²) in [6.07, 6.45) is 0. The number of hydrogen-bond donors (Lipinski definition) is 4. The number of nitrogen functional groups attached to an aromatic ring is 1. The zero-order chi connectivity index (χ0) is 14.0. The smallest absolute Gasteiger partial charge is 0.263 e. The van der Waals surface area contributed by atoms with Crippen molar-refractivity contribution in [2.75, 3.05) is 11.1 Å². The summed E-state index contributed by atoms with van der Waals surface area (Å²) in [5.41, 5.74) is 5.26. The number of nitrogens with one attached hydrogen (secondary N) is 1. The van der Waals surface area contributed by atoms with Crippen LogP contribution in [0.15, 0.2) is 36.4 Å². The lowest BCUT2D eigenvalue weighted by molar-refractivity contribution is 0.102. The van der Waals surface area contributed by atoms with Crippen molar-refractivity contribution in [1.82, 2.24) is 0 Å². The van der Waals surface area contributed by atoms with Crippen LogP contribution in [0.3, 0.4) is 0 Å². The van der Waals surface area contributed by atoms with Crippen LogP contribution in [0.2, 0.25) is 0 Å². The highest BCUT2D eigenvalue weighted by Gasteiger charge is 2.16. The maximum absolute atomic E-state index is 13.0. The zero-order valence-corrected chi connectivity index (χ0v) is 9.72. The number of aromatic hydroxyl groups is 2. The minimum atomic E-state index is -0.721. The highest BCUT2D eigenvalue weighted by Crippen LogP contribution is 2.27. The summed E-state index contributed by atoms with van der Waals surface area (Å²) in [5.74, 6) is -2.02. The van der Waals surface area contributed by atoms with Crippen molar-refractivity contribution in [2.24, 2.45) is 0 Å². The minimum absolute atomic E-state index is 0.112. The predicted octanol–water partition coefficient (Wildman–Crippen LogP) is 2.07. The maximum Gasteiger partial charge on any atom is 0.263 e. The molecule has 0 spiro atoms. The number of amides is 1. The van der Waals surface area contributed by atoms with Crippen LogP contribution in [-0.2, 0) is 0 Å². The first-order valence-corrected chi connectivity index (χ1v) is 5.36. The maximum atomic E-state index is 13.0. The fourth-order valence-corrected chi connectivity index (χ4v) is 1.58. The molecule has 5 N–H and O–H groups in total. The van der Waals surface area contributed by atoms with Gasteiger partial charge in [0.25, 0.3) is 5.91 Å². The lowest BCUT2D eigenvalue weighted by Crippen LogP contribution is -2.12. The van der Waals surface area contributed by atoms with E-state index in [4.69, 9.17) is 5.73 Å². The second-order valence-electron chi connectivity index (χ2n) is 3.86. The van der Waals surface area contributed by atoms with Crippen LogP contribution < -0.4 is 11.1 Å². The Kier molecular flexibility index (Phi) is 3.24. The third kappa shape index (κ3) is 2.57. The topological polar surface area (TPSA) is 95.6 Å². The van der Waals surface area contributed by atoms with Gasteiger partial charge in [-0.3, -0.25) is 4.79 Å². The molecule has 0 saturated heterocycles. The second-order valence-corrected chi connectivity index (χ2v) is 3.86. The Bertz CT molecular complexity index is 624. The summed E-state index contributed by atoms with van der Waals surface area (Å²) in [5, 5.41) is 21.5. The van der Waals surface area contributed by atoms with Gasteiger partial charge in [-0.25, -0.2) is 4.39 Å². The van der Waals surface area contributed by atoms with Gasteiger partial charge in [-0.1, -0.05) is 6.07 Å². The molecular weight excluding hydrogens is 251 g/mol. The monoisotopic (exact) mass is 262 g/mol. The summed E-state index contributed by atoms with van der Waals surface area (Å²) in [7, 11) is 0. The van der Waals surface area contributed by atoms with E-state index in [0.29, 0.717) is 0 Å². The molecule has 2 aromatic carbocycles. The molecule has 0 radical (unpaired) electrons. The van der Waals surface area contributed by atoms with Crippen molar-refractivity contribution in [1.29, 1.82) is 0 Å². The summed E-state index contributed by atoms with van der Waals surface area (Å²) < 4.78 is 13.0. The van der Waals surface area contributed by atoms with Crippen LogP contribution >= 0.6 is 0 Å². The van der Waals surface area contributed by atoms with E-state index < -0.39 is 11.7 Å². The molecule has 2 rings (SSSR count). The molecule has 1 amide bonds. The standard InChI is InChI=1S/C13H11FN2O3/c14-8-5-4-7(6-9(8)15)16-13(19)12-10(17)2-1-3-11(12)18/h1-6,17-18H,15H2,(H,16,19). The van der Waals surface area contributed by atoms with E-state index in [2.05, 4.69) is 5.32 Å². The van der Waals surface area contributed by atoms with Crippen molar-refractivity contribution in [2.45, 2.75) is 0 Å². The van der Waals surface area contributed by atoms with E-state index >= 15 is 0 Å². The van der Waals surface area contributed by atoms with Crippen molar-refractivity contribution in [3.8, 4) is 11.5 Å². The van der Waals surface area contributed by atoms with Gasteiger partial charge in [0.15, 0.2) is 0 Å². The summed E-state index contributed by atoms with van der Waals surface area (Å²) >= 11 is 0. The van der Waals surface area contributed by atoms with Gasteiger partial charge >= 0.3 is 0 Å². The van der Waals surface area contributed by atoms with E-state index in [1.165, 1.54) is 30.3 Å². The van der Waals surface area contributed by atoms with Gasteiger partial charge in [0.05, 0.1) is 5.69 Å². The van der Waals surface area contributed by atoms with Crippen LogP contribution in [0.5, 0.6) is 11.5 Å². The Balaban J connectivity index is 2.28. The molecule has 0 aromatic heterocycles. The molecule has 2 aromatic rings. The summed E-state index contributed by atoms with van der Waals surface area (Å²) in [6.45, 7) is 0. The Morgan fingerprint density at radius 1 is 1.16 bits per heavy atom. The molecule has 0 fully saturated rings. The molecule has 19 heavy (non-hydrogen) atoms. The number of benzene rings is 2. The first kappa shape index (κ1) is 12.7. The first-order chi connectivity index (χ1) is 8.99. The van der Waals surface area contributed by atoms with Crippen LogP contribution in [0.25, 0.3) is 0 Å². The molecule has 5 nitrogen and oxygen atoms in total. The van der Waals surface area contributed by atoms with E-state index in [0.717, 1.165) is 6.07 Å². The first-order valence-electron chi connectivity index (χ1n) is 5.36. The van der Waals surface area contributed by atoms with Crippen molar-refractivity contribution in [3.05, 3.63) is 47.8 Å². The molecular formula is C13H11FN2O3. The molecule has 0 saturated carbocycles. The van der Waals surface area contributed by atoms with Gasteiger partial charge < -0.3 is 21.3 Å². The lowest BCUT2D eigenvalue weighted by atomic mass is 10.1. The Hall–Kier alpha value is -2.76. The molecule has 0 bridgehead atoms. The quantitative estimate of drug-likeness (QED) is 0.623. The van der Waals surface area contributed by atoms with E-state index in [-0.39, 0.29) is 28.4 Å². The Morgan fingerprint density at radius 3 is 2.37 bits per heavy atom. The number of halogens is 1. The second kappa shape index (κ2) is 4.85. The van der Waals surface area contributed by atoms with Crippen molar-refractivity contribution < 1.29 is 19.4 Å². The van der Waals surface area contributed by atoms with Crippen LogP contribution in [0, 0.1) is 5.82 Å². The summed E-state index contributed by atoms with van der Waals surface area (Å²) in [4.78, 5) is 11.9. The third-order valence-electron chi connectivity index (χ3n) is 2.50. The minimum Gasteiger partial charge on any atom is -0.507 e. The van der Waals surface area contributed by atoms with Crippen LogP contribution in [0.1, 0.15) is 10.4 Å². The van der Waals surface area contributed by atoms with Crippen molar-refractivity contribution >= 4 is 17.3 Å². The zero-order valence-electron chi connectivity index (χ0n) is 9.72. The van der Waals surface area contributed by atoms with Crippen LogP contribution in [0.4, 0.5) is 15.8 Å². The molecule has 0 atom stereocenters. The van der Waals surface area contributed by atoms with Gasteiger partial charge in [-0.05, 0) is 30.3 Å². The number of phenols is 2. The lowest BCUT2D eigenvalue weighted by Gasteiger charge is -2.09. The Morgan fingerprint density at radius 2 is 1.79 bits per heavy atom. The van der Waals surface area contributed by atoms with E-state index in [1.54, 1.807) is 0 Å². The number of rotatable bonds is 2. The fraction of sp³-hybridized carbons (Fsp3) is 0. The fourth-order valence-electron chi connectivity index (χ4n) is 1.58. The number of carbonyl (C=O) groups excluding carboxylic acids is 1. The molecule has 0 aliphatic heterocycles. The van der Waals surface area contributed by atoms with Crippen LogP contribution in [-0.4, -0.2) is 16.1 Å². The number of anilines is 2. The average Bonchev–Trinajstić information content (AvgIpc) is 2.33. The molecule has 6 heteroatoms. The SMILES string of the molecule is Nc1cc(NC(=O)c2c(O)cccc2O)ccc1F. The highest BCUT2D eigenvalue weighted by molar-refractivity contribution is 6.08. The normalized spacial score (nSPS) is 10.2. The molecule has 0 aliphatic carbocycles. The predicted molar refractivity (Wildman–Crippen MR) is 68.5 cm³/mol. The van der Waals surface area contributed by atoms with Gasteiger partial charge in [-0.2, -0.15) is 0 Å². The molecule has 0 unspecified atom stereocenters. The number of hydrogen-bond acceptors (Lipinski definition) is 4. The largest absolute Gasteiger partial charge is 0.507 e. The number of phenolic OH excluding ortho intramolecular Hbond substituents is 2. The Labute approximate surface area is 108 Å². The van der Waals surface area contributed by atoms with Gasteiger partial charge in [0.2, 0.25) is 0 Å². The highest BCUT2D eigenvalue weighted by atomic mass is 19.1. The van der Waals surface area contributed by atoms with Crippen molar-refractivity contribution in [3.63, 3.8) is 0 Å². The molecule has 0 heterocycles.